The highest BCUT2D eigenvalue weighted by atomic mass is 35.5. The van der Waals surface area contributed by atoms with Crippen LogP contribution in [0, 0.1) is 11.6 Å². The van der Waals surface area contributed by atoms with Gasteiger partial charge < -0.3 is 16.0 Å². The number of halogens is 3. The van der Waals surface area contributed by atoms with Crippen LogP contribution in [0.4, 0.5) is 8.78 Å². The second-order valence-corrected chi connectivity index (χ2v) is 6.61. The third kappa shape index (κ3) is 5.50. The molecule has 0 spiro atoms. The first-order chi connectivity index (χ1) is 12.9. The fraction of sp³-hybridized carbons (Fsp3) is 0.300. The van der Waals surface area contributed by atoms with Gasteiger partial charge in [0.15, 0.2) is 0 Å². The molecule has 0 saturated carbocycles. The van der Waals surface area contributed by atoms with E-state index in [9.17, 15) is 18.4 Å². The van der Waals surface area contributed by atoms with Crippen molar-refractivity contribution in [3.8, 4) is 0 Å². The molecular formula is C20H22ClF2N3O2. The lowest BCUT2D eigenvalue weighted by atomic mass is 10.0. The van der Waals surface area contributed by atoms with Crippen LogP contribution in [-0.2, 0) is 29.2 Å². The average molecular weight is 410 g/mol. The smallest absolute Gasteiger partial charge is 0.222 e. The molecular weight excluding hydrogens is 388 g/mol. The number of nitrogens with one attached hydrogen (secondary N) is 3. The molecule has 0 bridgehead atoms. The van der Waals surface area contributed by atoms with E-state index in [-0.39, 0.29) is 30.3 Å². The van der Waals surface area contributed by atoms with Crippen molar-refractivity contribution in [3.05, 3.63) is 70.3 Å². The van der Waals surface area contributed by atoms with Crippen LogP contribution in [0.3, 0.4) is 0 Å². The van der Waals surface area contributed by atoms with Gasteiger partial charge in [-0.15, -0.1) is 12.4 Å². The molecule has 150 valence electrons. The molecule has 1 aliphatic heterocycles. The molecule has 5 nitrogen and oxygen atoms in total. The Hall–Kier alpha value is -2.51. The monoisotopic (exact) mass is 409 g/mol. The van der Waals surface area contributed by atoms with Gasteiger partial charge in [-0.05, 0) is 22.8 Å². The summed E-state index contributed by atoms with van der Waals surface area (Å²) in [5.74, 6) is -2.25. The van der Waals surface area contributed by atoms with Gasteiger partial charge in [-0.2, -0.15) is 0 Å². The summed E-state index contributed by atoms with van der Waals surface area (Å²) >= 11 is 0. The van der Waals surface area contributed by atoms with Gasteiger partial charge in [0.25, 0.3) is 0 Å². The first-order valence-corrected chi connectivity index (χ1v) is 8.72. The van der Waals surface area contributed by atoms with Crippen molar-refractivity contribution in [1.29, 1.82) is 0 Å². The van der Waals surface area contributed by atoms with E-state index in [2.05, 4.69) is 16.0 Å². The maximum absolute atomic E-state index is 14.1. The van der Waals surface area contributed by atoms with Gasteiger partial charge in [0.05, 0.1) is 12.5 Å². The van der Waals surface area contributed by atoms with E-state index in [4.69, 9.17) is 0 Å². The molecule has 0 aliphatic carbocycles. The van der Waals surface area contributed by atoms with Crippen molar-refractivity contribution in [2.24, 2.45) is 0 Å². The molecule has 1 unspecified atom stereocenters. The summed E-state index contributed by atoms with van der Waals surface area (Å²) in [5, 5.41) is 8.60. The Morgan fingerprint density at radius 2 is 1.86 bits per heavy atom. The van der Waals surface area contributed by atoms with Crippen LogP contribution in [0.15, 0.2) is 36.4 Å². The number of fused-ring (bicyclic) bond motifs is 1. The summed E-state index contributed by atoms with van der Waals surface area (Å²) in [4.78, 5) is 23.8. The van der Waals surface area contributed by atoms with Crippen LogP contribution in [-0.4, -0.2) is 11.8 Å². The molecule has 1 aliphatic rings. The standard InChI is InChI=1S/C20H21F2N3O2.ClH/c1-12(26)25-19(17-5-4-16(21)7-18(17)22)8-20(27)24-9-13-2-3-14-10-23-11-15(14)6-13;/h2-7,19,23H,8-11H2,1H3,(H,24,27)(H,25,26);1H. The maximum Gasteiger partial charge on any atom is 0.222 e. The molecule has 1 heterocycles. The normalized spacial score (nSPS) is 13.2. The number of amides is 2. The fourth-order valence-electron chi connectivity index (χ4n) is 3.18. The van der Waals surface area contributed by atoms with Crippen molar-refractivity contribution in [3.63, 3.8) is 0 Å². The van der Waals surface area contributed by atoms with E-state index < -0.39 is 23.6 Å². The van der Waals surface area contributed by atoms with Crippen LogP contribution in [0.5, 0.6) is 0 Å². The highest BCUT2D eigenvalue weighted by Gasteiger charge is 2.21. The Bertz CT molecular complexity index is 877. The van der Waals surface area contributed by atoms with E-state index >= 15 is 0 Å². The molecule has 2 aromatic carbocycles. The minimum Gasteiger partial charge on any atom is -0.352 e. The highest BCUT2D eigenvalue weighted by molar-refractivity contribution is 5.85. The lowest BCUT2D eigenvalue weighted by Crippen LogP contribution is -2.33. The molecule has 2 aromatic rings. The van der Waals surface area contributed by atoms with Crippen molar-refractivity contribution >= 4 is 24.2 Å². The van der Waals surface area contributed by atoms with Crippen LogP contribution in [0.1, 0.15) is 41.6 Å². The summed E-state index contributed by atoms with van der Waals surface area (Å²) in [7, 11) is 0. The van der Waals surface area contributed by atoms with Crippen LogP contribution in [0.25, 0.3) is 0 Å². The third-order valence-corrected chi connectivity index (χ3v) is 4.50. The van der Waals surface area contributed by atoms with Crippen LogP contribution in [0.2, 0.25) is 0 Å². The Labute approximate surface area is 168 Å². The van der Waals surface area contributed by atoms with Gasteiger partial charge in [0.1, 0.15) is 11.6 Å². The van der Waals surface area contributed by atoms with Gasteiger partial charge in [-0.1, -0.05) is 24.3 Å². The maximum atomic E-state index is 14.1. The third-order valence-electron chi connectivity index (χ3n) is 4.50. The number of carbonyl (C=O) groups excluding carboxylic acids is 2. The Balaban J connectivity index is 0.00000280. The highest BCUT2D eigenvalue weighted by Crippen LogP contribution is 2.22. The van der Waals surface area contributed by atoms with E-state index in [0.717, 1.165) is 30.8 Å². The summed E-state index contributed by atoms with van der Waals surface area (Å²) in [6.07, 6.45) is -0.144. The zero-order valence-electron chi connectivity index (χ0n) is 15.4. The second kappa shape index (κ2) is 9.61. The number of hydrogen-bond acceptors (Lipinski definition) is 3. The van der Waals surface area contributed by atoms with Crippen LogP contribution < -0.4 is 16.0 Å². The van der Waals surface area contributed by atoms with E-state index in [0.29, 0.717) is 6.54 Å². The summed E-state index contributed by atoms with van der Waals surface area (Å²) in [6.45, 7) is 3.28. The predicted molar refractivity (Wildman–Crippen MR) is 104 cm³/mol. The summed E-state index contributed by atoms with van der Waals surface area (Å²) in [6, 6.07) is 8.24. The zero-order chi connectivity index (χ0) is 19.4. The minimum atomic E-state index is -0.868. The van der Waals surface area contributed by atoms with Gasteiger partial charge in [-0.25, -0.2) is 8.78 Å². The molecule has 28 heavy (non-hydrogen) atoms. The molecule has 3 rings (SSSR count). The number of hydrogen-bond donors (Lipinski definition) is 3. The molecule has 1 atom stereocenters. The Kier molecular flexibility index (Phi) is 7.48. The van der Waals surface area contributed by atoms with Gasteiger partial charge in [0.2, 0.25) is 11.8 Å². The summed E-state index contributed by atoms with van der Waals surface area (Å²) < 4.78 is 27.2. The van der Waals surface area contributed by atoms with E-state index in [1.807, 2.05) is 18.2 Å². The van der Waals surface area contributed by atoms with Crippen molar-refractivity contribution < 1.29 is 18.4 Å². The second-order valence-electron chi connectivity index (χ2n) is 6.61. The zero-order valence-corrected chi connectivity index (χ0v) is 16.2. The predicted octanol–water partition coefficient (Wildman–Crippen LogP) is 2.87. The summed E-state index contributed by atoms with van der Waals surface area (Å²) in [5.41, 5.74) is 3.51. The number of rotatable bonds is 6. The first-order valence-electron chi connectivity index (χ1n) is 8.72. The first kappa shape index (κ1) is 21.8. The molecule has 0 fully saturated rings. The van der Waals surface area contributed by atoms with Crippen molar-refractivity contribution in [1.82, 2.24) is 16.0 Å². The topological polar surface area (TPSA) is 70.2 Å². The SMILES string of the molecule is CC(=O)NC(CC(=O)NCc1ccc2c(c1)CNC2)c1ccc(F)cc1F.Cl. The molecule has 2 amide bonds. The van der Waals surface area contributed by atoms with E-state index in [1.54, 1.807) is 0 Å². The average Bonchev–Trinajstić information content (AvgIpc) is 3.07. The lowest BCUT2D eigenvalue weighted by Gasteiger charge is -2.19. The molecule has 3 N–H and O–H groups in total. The molecule has 0 aromatic heterocycles. The Morgan fingerprint density at radius 1 is 1.11 bits per heavy atom. The van der Waals surface area contributed by atoms with Gasteiger partial charge in [-0.3, -0.25) is 9.59 Å². The minimum absolute atomic E-state index is 0. The fourth-order valence-corrected chi connectivity index (χ4v) is 3.18. The number of carbonyl (C=O) groups is 2. The van der Waals surface area contributed by atoms with Crippen molar-refractivity contribution in [2.45, 2.75) is 39.0 Å². The largest absolute Gasteiger partial charge is 0.352 e. The Morgan fingerprint density at radius 3 is 2.57 bits per heavy atom. The van der Waals surface area contributed by atoms with Gasteiger partial charge >= 0.3 is 0 Å². The molecule has 8 heteroatoms. The van der Waals surface area contributed by atoms with Crippen LogP contribution >= 0.6 is 12.4 Å². The lowest BCUT2D eigenvalue weighted by molar-refractivity contribution is -0.122. The quantitative estimate of drug-likeness (QED) is 0.687. The molecule has 0 radical (unpaired) electrons. The number of benzene rings is 2. The van der Waals surface area contributed by atoms with Gasteiger partial charge in [0, 0.05) is 38.2 Å². The van der Waals surface area contributed by atoms with Crippen molar-refractivity contribution in [2.75, 3.05) is 0 Å². The molecule has 0 saturated heterocycles. The van der Waals surface area contributed by atoms with E-state index in [1.165, 1.54) is 24.1 Å².